The van der Waals surface area contributed by atoms with Gasteiger partial charge in [-0.3, -0.25) is 20.6 Å². The molecule has 7 heteroatoms. The van der Waals surface area contributed by atoms with Gasteiger partial charge in [0.15, 0.2) is 5.58 Å². The number of carbonyl (C=O) groups is 1. The summed E-state index contributed by atoms with van der Waals surface area (Å²) in [5.41, 5.74) is 7.96. The third kappa shape index (κ3) is 3.55. The van der Waals surface area contributed by atoms with E-state index < -0.39 is 0 Å². The number of amides is 1. The van der Waals surface area contributed by atoms with E-state index in [1.165, 1.54) is 11.8 Å². The van der Waals surface area contributed by atoms with E-state index in [1.807, 2.05) is 60.7 Å². The second-order valence-corrected chi connectivity index (χ2v) is 7.89. The monoisotopic (exact) mass is 414 g/mol. The van der Waals surface area contributed by atoms with Crippen LogP contribution in [-0.4, -0.2) is 21.7 Å². The molecule has 0 radical (unpaired) electrons. The highest BCUT2D eigenvalue weighted by Crippen LogP contribution is 2.26. The molecule has 1 aliphatic rings. The first kappa shape index (κ1) is 18.4. The minimum absolute atomic E-state index is 0.231. The SMILES string of the molecule is N=C1c2ccccc2CN1NC(=O)c1ccc(CSc2nc3ccccc3o2)cc1. The van der Waals surface area contributed by atoms with E-state index in [9.17, 15) is 4.79 Å². The second-order valence-electron chi connectivity index (χ2n) is 6.97. The standard InChI is InChI=1S/C23H18N4O2S/c24-21-18-6-2-1-5-17(18)13-27(21)26-22(28)16-11-9-15(10-12-16)14-30-23-25-19-7-3-4-8-20(19)29-23/h1-12,24H,13-14H2,(H,26,28). The summed E-state index contributed by atoms with van der Waals surface area (Å²) in [5.74, 6) is 0.775. The van der Waals surface area contributed by atoms with E-state index in [0.29, 0.717) is 28.9 Å². The van der Waals surface area contributed by atoms with Crippen molar-refractivity contribution in [2.75, 3.05) is 0 Å². The van der Waals surface area contributed by atoms with Crippen LogP contribution in [0.3, 0.4) is 0 Å². The Balaban J connectivity index is 1.20. The third-order valence-corrected chi connectivity index (χ3v) is 5.86. The lowest BCUT2D eigenvalue weighted by molar-refractivity contribution is 0.0869. The highest BCUT2D eigenvalue weighted by atomic mass is 32.2. The number of hydrogen-bond acceptors (Lipinski definition) is 5. The second kappa shape index (κ2) is 7.68. The molecule has 6 nitrogen and oxygen atoms in total. The fraction of sp³-hybridized carbons (Fsp3) is 0.0870. The molecule has 0 saturated heterocycles. The first-order chi connectivity index (χ1) is 14.7. The molecular formula is C23H18N4O2S. The fourth-order valence-electron chi connectivity index (χ4n) is 3.38. The summed E-state index contributed by atoms with van der Waals surface area (Å²) < 4.78 is 5.72. The molecule has 0 aliphatic carbocycles. The van der Waals surface area contributed by atoms with Gasteiger partial charge >= 0.3 is 0 Å². The highest BCUT2D eigenvalue weighted by molar-refractivity contribution is 7.98. The number of nitrogens with zero attached hydrogens (tertiary/aromatic N) is 2. The number of para-hydroxylation sites is 2. The summed E-state index contributed by atoms with van der Waals surface area (Å²) in [6.45, 7) is 0.500. The molecule has 0 atom stereocenters. The lowest BCUT2D eigenvalue weighted by Gasteiger charge is -2.19. The molecule has 0 bridgehead atoms. The van der Waals surface area contributed by atoms with Crippen LogP contribution in [0.4, 0.5) is 0 Å². The van der Waals surface area contributed by atoms with Crippen LogP contribution in [0, 0.1) is 5.41 Å². The van der Waals surface area contributed by atoms with Gasteiger partial charge in [0.05, 0.1) is 6.54 Å². The number of aromatic nitrogens is 1. The van der Waals surface area contributed by atoms with Gasteiger partial charge < -0.3 is 4.42 Å². The molecule has 0 spiro atoms. The average Bonchev–Trinajstić information content (AvgIpc) is 3.33. The highest BCUT2D eigenvalue weighted by Gasteiger charge is 2.25. The molecule has 4 aromatic rings. The number of thioether (sulfide) groups is 1. The maximum Gasteiger partial charge on any atom is 0.269 e. The van der Waals surface area contributed by atoms with Crippen molar-refractivity contribution in [3.8, 4) is 0 Å². The summed E-state index contributed by atoms with van der Waals surface area (Å²) in [7, 11) is 0. The molecule has 0 unspecified atom stereocenters. The molecule has 30 heavy (non-hydrogen) atoms. The van der Waals surface area contributed by atoms with E-state index in [4.69, 9.17) is 9.83 Å². The molecule has 5 rings (SSSR count). The minimum atomic E-state index is -0.231. The summed E-state index contributed by atoms with van der Waals surface area (Å²) in [6, 6.07) is 22.8. The van der Waals surface area contributed by atoms with Gasteiger partial charge in [0.1, 0.15) is 11.4 Å². The van der Waals surface area contributed by atoms with Crippen molar-refractivity contribution in [2.45, 2.75) is 17.5 Å². The Kier molecular flexibility index (Phi) is 4.72. The fourth-order valence-corrected chi connectivity index (χ4v) is 4.17. The van der Waals surface area contributed by atoms with Gasteiger partial charge in [-0.2, -0.15) is 0 Å². The first-order valence-corrected chi connectivity index (χ1v) is 10.5. The molecule has 0 saturated carbocycles. The van der Waals surface area contributed by atoms with Gasteiger partial charge in [-0.1, -0.05) is 60.3 Å². The molecule has 1 amide bonds. The number of carbonyl (C=O) groups excluding carboxylic acids is 1. The molecule has 3 aromatic carbocycles. The van der Waals surface area contributed by atoms with Crippen molar-refractivity contribution in [3.63, 3.8) is 0 Å². The molecule has 2 heterocycles. The molecule has 1 aromatic heterocycles. The predicted molar refractivity (Wildman–Crippen MR) is 116 cm³/mol. The van der Waals surface area contributed by atoms with Crippen LogP contribution >= 0.6 is 11.8 Å². The number of fused-ring (bicyclic) bond motifs is 2. The number of amidine groups is 1. The normalized spacial score (nSPS) is 12.9. The Morgan fingerprint density at radius 3 is 2.63 bits per heavy atom. The molecule has 0 fully saturated rings. The number of rotatable bonds is 5. The Labute approximate surface area is 177 Å². The van der Waals surface area contributed by atoms with Crippen LogP contribution in [0.2, 0.25) is 0 Å². The quantitative estimate of drug-likeness (QED) is 0.466. The van der Waals surface area contributed by atoms with E-state index >= 15 is 0 Å². The van der Waals surface area contributed by atoms with E-state index in [-0.39, 0.29) is 5.91 Å². The molecule has 2 N–H and O–H groups in total. The molecular weight excluding hydrogens is 396 g/mol. The van der Waals surface area contributed by atoms with Crippen molar-refractivity contribution in [3.05, 3.63) is 95.1 Å². The summed E-state index contributed by atoms with van der Waals surface area (Å²) in [6.07, 6.45) is 0. The van der Waals surface area contributed by atoms with Crippen LogP contribution in [0.15, 0.2) is 82.4 Å². The third-order valence-electron chi connectivity index (χ3n) is 4.96. The summed E-state index contributed by atoms with van der Waals surface area (Å²) >= 11 is 1.52. The number of benzene rings is 3. The number of nitrogens with one attached hydrogen (secondary N) is 2. The number of hydrazine groups is 1. The zero-order valence-electron chi connectivity index (χ0n) is 16.0. The van der Waals surface area contributed by atoms with Crippen molar-refractivity contribution in [1.29, 1.82) is 5.41 Å². The van der Waals surface area contributed by atoms with Gasteiger partial charge in [0.2, 0.25) is 0 Å². The van der Waals surface area contributed by atoms with Crippen LogP contribution in [0.25, 0.3) is 11.1 Å². The zero-order valence-corrected chi connectivity index (χ0v) is 16.8. The van der Waals surface area contributed by atoms with Gasteiger partial charge in [0, 0.05) is 16.9 Å². The minimum Gasteiger partial charge on any atom is -0.431 e. The lowest BCUT2D eigenvalue weighted by Crippen LogP contribution is -2.42. The zero-order chi connectivity index (χ0) is 20.5. The smallest absolute Gasteiger partial charge is 0.269 e. The van der Waals surface area contributed by atoms with Crippen molar-refractivity contribution in [2.24, 2.45) is 0 Å². The Bertz CT molecular complexity index is 1220. The van der Waals surface area contributed by atoms with Crippen molar-refractivity contribution in [1.82, 2.24) is 15.4 Å². The topological polar surface area (TPSA) is 82.2 Å². The molecule has 1 aliphatic heterocycles. The van der Waals surface area contributed by atoms with Crippen LogP contribution in [0.1, 0.15) is 27.0 Å². The maximum absolute atomic E-state index is 12.6. The first-order valence-electron chi connectivity index (χ1n) is 9.50. The van der Waals surface area contributed by atoms with Gasteiger partial charge in [-0.05, 0) is 35.4 Å². The van der Waals surface area contributed by atoms with Gasteiger partial charge in [-0.25, -0.2) is 4.98 Å². The van der Waals surface area contributed by atoms with Gasteiger partial charge in [0.25, 0.3) is 11.1 Å². The lowest BCUT2D eigenvalue weighted by atomic mass is 10.1. The Morgan fingerprint density at radius 1 is 1.07 bits per heavy atom. The van der Waals surface area contributed by atoms with Crippen molar-refractivity contribution >= 4 is 34.6 Å². The average molecular weight is 414 g/mol. The summed E-state index contributed by atoms with van der Waals surface area (Å²) in [5, 5.41) is 10.5. The van der Waals surface area contributed by atoms with Crippen molar-refractivity contribution < 1.29 is 9.21 Å². The van der Waals surface area contributed by atoms with Crippen LogP contribution in [-0.2, 0) is 12.3 Å². The number of oxazole rings is 1. The summed E-state index contributed by atoms with van der Waals surface area (Å²) in [4.78, 5) is 17.1. The maximum atomic E-state index is 12.6. The Hall–Kier alpha value is -3.58. The Morgan fingerprint density at radius 2 is 1.83 bits per heavy atom. The van der Waals surface area contributed by atoms with Crippen LogP contribution < -0.4 is 5.43 Å². The van der Waals surface area contributed by atoms with Crippen LogP contribution in [0.5, 0.6) is 0 Å². The van der Waals surface area contributed by atoms with Gasteiger partial charge in [-0.15, -0.1) is 0 Å². The van der Waals surface area contributed by atoms with E-state index in [2.05, 4.69) is 10.4 Å². The largest absolute Gasteiger partial charge is 0.431 e. The number of hydrogen-bond donors (Lipinski definition) is 2. The van der Waals surface area contributed by atoms with E-state index in [0.717, 1.165) is 27.8 Å². The van der Waals surface area contributed by atoms with E-state index in [1.54, 1.807) is 17.1 Å². The molecule has 148 valence electrons. The predicted octanol–water partition coefficient (Wildman–Crippen LogP) is 4.61.